The molecule has 0 aliphatic carbocycles. The number of benzene rings is 3. The van der Waals surface area contributed by atoms with Gasteiger partial charge in [-0.1, -0.05) is 41.9 Å². The normalized spacial score (nSPS) is 16.2. The van der Waals surface area contributed by atoms with Crippen molar-refractivity contribution in [3.8, 4) is 5.69 Å². The Bertz CT molecular complexity index is 1660. The second kappa shape index (κ2) is 9.76. The van der Waals surface area contributed by atoms with Crippen LogP contribution in [0.25, 0.3) is 5.69 Å². The first-order chi connectivity index (χ1) is 18.1. The number of amides is 1. The van der Waals surface area contributed by atoms with Crippen LogP contribution in [0.1, 0.15) is 51.9 Å². The number of carbonyl (C=O) groups excluding carboxylic acids is 1. The summed E-state index contributed by atoms with van der Waals surface area (Å²) in [6, 6.07) is 19.2. The minimum atomic E-state index is -0.688. The molecule has 2 heterocycles. The molecule has 1 aliphatic rings. The molecule has 1 aliphatic heterocycles. The summed E-state index contributed by atoms with van der Waals surface area (Å²) >= 11 is 6.72. The standard InChI is InChI=1S/C31H31ClN4O2/c1-17-11-13-23(15-19(17)3)35-30(37)27(21(5)33-35)29(25-9-7-8-10-26(25)32)28-22(6)34-36(31(28)38)24-14-12-18(2)20(4)16-24/h7-16,27,29,34H,1-6H3/t27-,29-/m0/s1. The zero-order valence-electron chi connectivity index (χ0n) is 22.5. The van der Waals surface area contributed by atoms with E-state index in [0.717, 1.165) is 33.5 Å². The van der Waals surface area contributed by atoms with Gasteiger partial charge in [-0.15, -0.1) is 0 Å². The number of hydrogen-bond acceptors (Lipinski definition) is 3. The van der Waals surface area contributed by atoms with Gasteiger partial charge in [-0.25, -0.2) is 9.69 Å². The van der Waals surface area contributed by atoms with E-state index in [2.05, 4.69) is 10.2 Å². The van der Waals surface area contributed by atoms with E-state index in [1.807, 2.05) is 96.1 Å². The fourth-order valence-electron chi connectivity index (χ4n) is 5.21. The predicted octanol–water partition coefficient (Wildman–Crippen LogP) is 6.53. The summed E-state index contributed by atoms with van der Waals surface area (Å²) in [5.74, 6) is -1.49. The number of rotatable bonds is 5. The summed E-state index contributed by atoms with van der Waals surface area (Å²) < 4.78 is 1.55. The first-order valence-electron chi connectivity index (χ1n) is 12.7. The molecular formula is C31H31ClN4O2. The van der Waals surface area contributed by atoms with E-state index in [1.165, 1.54) is 5.01 Å². The number of anilines is 1. The number of aromatic nitrogens is 2. The predicted molar refractivity (Wildman–Crippen MR) is 154 cm³/mol. The number of H-pyrrole nitrogens is 1. The fraction of sp³-hybridized carbons (Fsp3) is 0.258. The molecule has 0 saturated carbocycles. The number of carbonyl (C=O) groups is 1. The molecule has 0 unspecified atom stereocenters. The maximum Gasteiger partial charge on any atom is 0.275 e. The van der Waals surface area contributed by atoms with E-state index < -0.39 is 11.8 Å². The second-order valence-corrected chi connectivity index (χ2v) is 10.6. The first kappa shape index (κ1) is 25.7. The average Bonchev–Trinajstić information content (AvgIpc) is 3.34. The van der Waals surface area contributed by atoms with Crippen LogP contribution in [0, 0.1) is 40.5 Å². The van der Waals surface area contributed by atoms with E-state index in [-0.39, 0.29) is 11.5 Å². The maximum absolute atomic E-state index is 14.0. The molecule has 1 N–H and O–H groups in total. The van der Waals surface area contributed by atoms with Crippen molar-refractivity contribution in [3.63, 3.8) is 0 Å². The van der Waals surface area contributed by atoms with Gasteiger partial charge in [0.25, 0.3) is 11.5 Å². The van der Waals surface area contributed by atoms with Crippen molar-refractivity contribution in [1.82, 2.24) is 9.78 Å². The van der Waals surface area contributed by atoms with Crippen molar-refractivity contribution >= 4 is 28.9 Å². The summed E-state index contributed by atoms with van der Waals surface area (Å²) in [4.78, 5) is 28.1. The molecule has 0 spiro atoms. The van der Waals surface area contributed by atoms with Crippen LogP contribution in [-0.2, 0) is 4.79 Å². The molecule has 0 bridgehead atoms. The zero-order chi connectivity index (χ0) is 27.3. The quantitative estimate of drug-likeness (QED) is 0.321. The van der Waals surface area contributed by atoms with Crippen LogP contribution in [0.2, 0.25) is 5.02 Å². The molecule has 3 aromatic carbocycles. The van der Waals surface area contributed by atoms with Gasteiger partial charge >= 0.3 is 0 Å². The number of halogens is 1. The van der Waals surface area contributed by atoms with Crippen molar-refractivity contribution in [1.29, 1.82) is 0 Å². The molecule has 1 aromatic heterocycles. The van der Waals surface area contributed by atoms with Crippen molar-refractivity contribution in [2.45, 2.75) is 47.5 Å². The number of aryl methyl sites for hydroxylation is 5. The molecule has 7 heteroatoms. The Balaban J connectivity index is 1.67. The first-order valence-corrected chi connectivity index (χ1v) is 13.1. The van der Waals surface area contributed by atoms with Crippen LogP contribution in [0.15, 0.2) is 70.6 Å². The van der Waals surface area contributed by atoms with Gasteiger partial charge in [0.1, 0.15) is 0 Å². The average molecular weight is 527 g/mol. The lowest BCUT2D eigenvalue weighted by Gasteiger charge is -2.24. The Labute approximate surface area is 227 Å². The largest absolute Gasteiger partial charge is 0.295 e. The molecule has 38 heavy (non-hydrogen) atoms. The lowest BCUT2D eigenvalue weighted by Crippen LogP contribution is -2.34. The minimum Gasteiger partial charge on any atom is -0.295 e. The number of nitrogens with one attached hydrogen (secondary N) is 1. The maximum atomic E-state index is 14.0. The molecule has 4 aromatic rings. The number of nitrogens with zero attached hydrogens (tertiary/aromatic N) is 3. The van der Waals surface area contributed by atoms with Gasteiger partial charge in [-0.3, -0.25) is 14.7 Å². The lowest BCUT2D eigenvalue weighted by atomic mass is 9.78. The molecule has 5 rings (SSSR count). The van der Waals surface area contributed by atoms with Crippen LogP contribution in [0.3, 0.4) is 0 Å². The van der Waals surface area contributed by atoms with Gasteiger partial charge in [0.2, 0.25) is 0 Å². The van der Waals surface area contributed by atoms with E-state index >= 15 is 0 Å². The molecule has 194 valence electrons. The Kier molecular flexibility index (Phi) is 6.61. The third-order valence-corrected chi connectivity index (χ3v) is 8.01. The highest BCUT2D eigenvalue weighted by Gasteiger charge is 2.44. The van der Waals surface area contributed by atoms with E-state index in [0.29, 0.717) is 27.7 Å². The number of aromatic amines is 1. The monoisotopic (exact) mass is 526 g/mol. The van der Waals surface area contributed by atoms with Gasteiger partial charge in [0.05, 0.1) is 17.3 Å². The van der Waals surface area contributed by atoms with Crippen LogP contribution >= 0.6 is 11.6 Å². The summed E-state index contributed by atoms with van der Waals surface area (Å²) in [5, 5.41) is 9.89. The van der Waals surface area contributed by atoms with E-state index in [1.54, 1.807) is 10.7 Å². The molecule has 1 amide bonds. The second-order valence-electron chi connectivity index (χ2n) is 10.2. The van der Waals surface area contributed by atoms with Gasteiger partial charge in [0.15, 0.2) is 0 Å². The summed E-state index contributed by atoms with van der Waals surface area (Å²) in [7, 11) is 0. The number of hydrogen-bond donors (Lipinski definition) is 1. The highest BCUT2D eigenvalue weighted by Crippen LogP contribution is 2.41. The minimum absolute atomic E-state index is 0.187. The molecule has 0 fully saturated rings. The van der Waals surface area contributed by atoms with Crippen molar-refractivity contribution in [2.75, 3.05) is 5.01 Å². The highest BCUT2D eigenvalue weighted by molar-refractivity contribution is 6.31. The summed E-state index contributed by atoms with van der Waals surface area (Å²) in [5.41, 5.74) is 8.23. The fourth-order valence-corrected chi connectivity index (χ4v) is 5.46. The highest BCUT2D eigenvalue weighted by atomic mass is 35.5. The third kappa shape index (κ3) is 4.29. The zero-order valence-corrected chi connectivity index (χ0v) is 23.2. The Morgan fingerprint density at radius 2 is 1.42 bits per heavy atom. The SMILES string of the molecule is CC1=NN(c2ccc(C)c(C)c2)C(=O)[C@@H]1[C@H](c1ccccc1Cl)c1c(C)[nH]n(-c2ccc(C)c(C)c2)c1=O. The summed E-state index contributed by atoms with van der Waals surface area (Å²) in [6.07, 6.45) is 0. The molecule has 0 radical (unpaired) electrons. The van der Waals surface area contributed by atoms with Crippen LogP contribution in [0.5, 0.6) is 0 Å². The van der Waals surface area contributed by atoms with Crippen LogP contribution in [0.4, 0.5) is 5.69 Å². The Morgan fingerprint density at radius 1 is 0.816 bits per heavy atom. The van der Waals surface area contributed by atoms with E-state index in [9.17, 15) is 9.59 Å². The third-order valence-electron chi connectivity index (χ3n) is 7.67. The molecule has 6 nitrogen and oxygen atoms in total. The van der Waals surface area contributed by atoms with Gasteiger partial charge in [0, 0.05) is 27.9 Å². The van der Waals surface area contributed by atoms with Gasteiger partial charge in [-0.2, -0.15) is 5.10 Å². The van der Waals surface area contributed by atoms with Crippen LogP contribution in [-0.4, -0.2) is 21.4 Å². The van der Waals surface area contributed by atoms with Gasteiger partial charge < -0.3 is 0 Å². The molecule has 2 atom stereocenters. The Morgan fingerprint density at radius 3 is 2.05 bits per heavy atom. The molecular weight excluding hydrogens is 496 g/mol. The lowest BCUT2D eigenvalue weighted by molar-refractivity contribution is -0.120. The topological polar surface area (TPSA) is 70.5 Å². The molecule has 0 saturated heterocycles. The number of hydrazone groups is 1. The van der Waals surface area contributed by atoms with Gasteiger partial charge in [-0.05, 0) is 99.7 Å². The van der Waals surface area contributed by atoms with E-state index in [4.69, 9.17) is 11.6 Å². The van der Waals surface area contributed by atoms with Crippen molar-refractivity contribution < 1.29 is 4.79 Å². The van der Waals surface area contributed by atoms with Crippen molar-refractivity contribution in [3.05, 3.63) is 115 Å². The Hall–Kier alpha value is -3.90. The van der Waals surface area contributed by atoms with Crippen LogP contribution < -0.4 is 10.6 Å². The van der Waals surface area contributed by atoms with Crippen molar-refractivity contribution in [2.24, 2.45) is 11.0 Å². The smallest absolute Gasteiger partial charge is 0.275 e. The summed E-state index contributed by atoms with van der Waals surface area (Å²) in [6.45, 7) is 11.8.